The molecule has 0 aliphatic heterocycles. The van der Waals surface area contributed by atoms with E-state index in [1.807, 2.05) is 13.8 Å². The third-order valence-electron chi connectivity index (χ3n) is 3.06. The third kappa shape index (κ3) is 7.19. The largest absolute Gasteiger partial charge is 0.454 e. The molecule has 24 heavy (non-hydrogen) atoms. The van der Waals surface area contributed by atoms with E-state index in [1.54, 1.807) is 0 Å². The highest BCUT2D eigenvalue weighted by Gasteiger charge is 2.14. The number of amides is 2. The lowest BCUT2D eigenvalue weighted by atomic mass is 10.2. The highest BCUT2D eigenvalue weighted by Crippen LogP contribution is 2.20. The molecule has 0 fully saturated rings. The molecule has 0 bridgehead atoms. The molecule has 0 radical (unpaired) electrons. The topological polar surface area (TPSA) is 84.5 Å². The Balaban J connectivity index is 2.35. The summed E-state index contributed by atoms with van der Waals surface area (Å²) >= 11 is 11.6. The molecule has 0 saturated carbocycles. The summed E-state index contributed by atoms with van der Waals surface area (Å²) in [6, 6.07) is 4.42. The van der Waals surface area contributed by atoms with Crippen molar-refractivity contribution in [3.63, 3.8) is 0 Å². The van der Waals surface area contributed by atoms with Gasteiger partial charge in [0.15, 0.2) is 6.61 Å². The molecule has 2 amide bonds. The van der Waals surface area contributed by atoms with Crippen LogP contribution in [0.3, 0.4) is 0 Å². The quantitative estimate of drug-likeness (QED) is 0.684. The molecule has 0 aromatic heterocycles. The fraction of sp³-hybridized carbons (Fsp3) is 0.438. The molecule has 1 aromatic rings. The Kier molecular flexibility index (Phi) is 8.57. The maximum Gasteiger partial charge on any atom is 0.325 e. The van der Waals surface area contributed by atoms with Crippen molar-refractivity contribution in [3.8, 4) is 0 Å². The SMILES string of the molecule is CCC[C@@H](C)NC(=O)COC(=O)CNC(=O)c1ccc(Cl)cc1Cl. The predicted octanol–water partition coefficient (Wildman–Crippen LogP) is 2.57. The van der Waals surface area contributed by atoms with Gasteiger partial charge >= 0.3 is 5.97 Å². The van der Waals surface area contributed by atoms with Gasteiger partial charge in [0.2, 0.25) is 0 Å². The molecule has 1 rings (SSSR count). The first-order valence-electron chi connectivity index (χ1n) is 7.51. The van der Waals surface area contributed by atoms with Gasteiger partial charge in [-0.1, -0.05) is 36.5 Å². The second-order valence-electron chi connectivity index (χ2n) is 5.22. The maximum absolute atomic E-state index is 11.9. The summed E-state index contributed by atoms with van der Waals surface area (Å²) in [6.45, 7) is 3.14. The number of halogens is 2. The maximum atomic E-state index is 11.9. The van der Waals surface area contributed by atoms with Crippen LogP contribution in [0.2, 0.25) is 10.0 Å². The van der Waals surface area contributed by atoms with E-state index in [0.717, 1.165) is 12.8 Å². The van der Waals surface area contributed by atoms with E-state index in [1.165, 1.54) is 18.2 Å². The van der Waals surface area contributed by atoms with Gasteiger partial charge in [-0.15, -0.1) is 0 Å². The molecule has 2 N–H and O–H groups in total. The highest BCUT2D eigenvalue weighted by molar-refractivity contribution is 6.36. The van der Waals surface area contributed by atoms with Crippen molar-refractivity contribution in [2.24, 2.45) is 0 Å². The highest BCUT2D eigenvalue weighted by atomic mass is 35.5. The average molecular weight is 375 g/mol. The molecule has 0 unspecified atom stereocenters. The minimum absolute atomic E-state index is 0.0213. The van der Waals surface area contributed by atoms with Gasteiger partial charge in [-0.25, -0.2) is 0 Å². The molecule has 8 heteroatoms. The van der Waals surface area contributed by atoms with Crippen LogP contribution in [0.15, 0.2) is 18.2 Å². The Bertz CT molecular complexity index is 608. The first kappa shape index (κ1) is 20.3. The van der Waals surface area contributed by atoms with Crippen molar-refractivity contribution in [1.29, 1.82) is 0 Å². The van der Waals surface area contributed by atoms with Crippen molar-refractivity contribution in [2.75, 3.05) is 13.2 Å². The monoisotopic (exact) mass is 374 g/mol. The number of carbonyl (C=O) groups excluding carboxylic acids is 3. The van der Waals surface area contributed by atoms with Gasteiger partial charge in [0, 0.05) is 11.1 Å². The van der Waals surface area contributed by atoms with Crippen LogP contribution in [-0.4, -0.2) is 37.0 Å². The zero-order valence-electron chi connectivity index (χ0n) is 13.5. The second kappa shape index (κ2) is 10.2. The van der Waals surface area contributed by atoms with Crippen LogP contribution in [0.25, 0.3) is 0 Å². The van der Waals surface area contributed by atoms with Crippen LogP contribution in [0.1, 0.15) is 37.0 Å². The minimum atomic E-state index is -0.716. The van der Waals surface area contributed by atoms with Crippen LogP contribution in [0.4, 0.5) is 0 Å². The molecular formula is C16H20Cl2N2O4. The first-order chi connectivity index (χ1) is 11.3. The number of ether oxygens (including phenoxy) is 1. The Labute approximate surface area is 150 Å². The summed E-state index contributed by atoms with van der Waals surface area (Å²) in [5, 5.41) is 5.66. The summed E-state index contributed by atoms with van der Waals surface area (Å²) < 4.78 is 4.80. The van der Waals surface area contributed by atoms with Crippen LogP contribution in [-0.2, 0) is 14.3 Å². The van der Waals surface area contributed by atoms with Gasteiger partial charge in [0.05, 0.1) is 10.6 Å². The van der Waals surface area contributed by atoms with E-state index in [0.29, 0.717) is 5.02 Å². The molecule has 0 aliphatic rings. The van der Waals surface area contributed by atoms with E-state index < -0.39 is 11.9 Å². The van der Waals surface area contributed by atoms with E-state index in [2.05, 4.69) is 10.6 Å². The van der Waals surface area contributed by atoms with Crippen molar-refractivity contribution in [1.82, 2.24) is 10.6 Å². The Morgan fingerprint density at radius 2 is 1.96 bits per heavy atom. The molecule has 6 nitrogen and oxygen atoms in total. The van der Waals surface area contributed by atoms with Crippen LogP contribution in [0.5, 0.6) is 0 Å². The minimum Gasteiger partial charge on any atom is -0.454 e. The predicted molar refractivity (Wildman–Crippen MR) is 92.3 cm³/mol. The number of rotatable bonds is 8. The number of carbonyl (C=O) groups is 3. The molecular weight excluding hydrogens is 355 g/mol. The molecule has 1 atom stereocenters. The van der Waals surface area contributed by atoms with Gasteiger partial charge in [-0.3, -0.25) is 14.4 Å². The molecule has 0 saturated heterocycles. The van der Waals surface area contributed by atoms with Gasteiger partial charge in [-0.2, -0.15) is 0 Å². The molecule has 1 aromatic carbocycles. The Morgan fingerprint density at radius 1 is 1.25 bits per heavy atom. The standard InChI is InChI=1S/C16H20Cl2N2O4/c1-3-4-10(2)20-14(21)9-24-15(22)8-19-16(23)12-6-5-11(17)7-13(12)18/h5-7,10H,3-4,8-9H2,1-2H3,(H,19,23)(H,20,21)/t10-/m1/s1. The van der Waals surface area contributed by atoms with E-state index in [-0.39, 0.29) is 35.7 Å². The zero-order chi connectivity index (χ0) is 18.1. The van der Waals surface area contributed by atoms with Crippen LogP contribution in [0, 0.1) is 0 Å². The van der Waals surface area contributed by atoms with E-state index in [4.69, 9.17) is 27.9 Å². The second-order valence-corrected chi connectivity index (χ2v) is 6.07. The number of benzene rings is 1. The molecule has 0 aliphatic carbocycles. The lowest BCUT2D eigenvalue weighted by Crippen LogP contribution is -2.37. The number of hydrogen-bond acceptors (Lipinski definition) is 4. The summed E-state index contributed by atoms with van der Waals surface area (Å²) in [5.74, 6) is -1.63. The third-order valence-corrected chi connectivity index (χ3v) is 3.61. The van der Waals surface area contributed by atoms with Crippen LogP contribution >= 0.6 is 23.2 Å². The average Bonchev–Trinajstić information content (AvgIpc) is 2.50. The summed E-state index contributed by atoms with van der Waals surface area (Å²) in [4.78, 5) is 35.0. The zero-order valence-corrected chi connectivity index (χ0v) is 15.0. The number of hydrogen-bond donors (Lipinski definition) is 2. The Morgan fingerprint density at radius 3 is 2.58 bits per heavy atom. The van der Waals surface area contributed by atoms with Gasteiger partial charge in [0.1, 0.15) is 6.54 Å². The summed E-state index contributed by atoms with van der Waals surface area (Å²) in [7, 11) is 0. The van der Waals surface area contributed by atoms with Crippen molar-refractivity contribution in [2.45, 2.75) is 32.7 Å². The lowest BCUT2D eigenvalue weighted by Gasteiger charge is -2.13. The van der Waals surface area contributed by atoms with E-state index >= 15 is 0 Å². The van der Waals surface area contributed by atoms with Crippen molar-refractivity contribution >= 4 is 41.0 Å². The molecule has 132 valence electrons. The lowest BCUT2D eigenvalue weighted by molar-refractivity contribution is -0.147. The van der Waals surface area contributed by atoms with Gasteiger partial charge in [-0.05, 0) is 31.5 Å². The summed E-state index contributed by atoms with van der Waals surface area (Å²) in [5.41, 5.74) is 0.194. The number of nitrogens with one attached hydrogen (secondary N) is 2. The smallest absolute Gasteiger partial charge is 0.325 e. The Hall–Kier alpha value is -1.79. The van der Waals surface area contributed by atoms with E-state index in [9.17, 15) is 14.4 Å². The summed E-state index contributed by atoms with van der Waals surface area (Å²) in [6.07, 6.45) is 1.79. The van der Waals surface area contributed by atoms with Gasteiger partial charge < -0.3 is 15.4 Å². The fourth-order valence-corrected chi connectivity index (χ4v) is 2.43. The number of esters is 1. The van der Waals surface area contributed by atoms with Crippen molar-refractivity contribution in [3.05, 3.63) is 33.8 Å². The molecule has 0 heterocycles. The first-order valence-corrected chi connectivity index (χ1v) is 8.27. The molecule has 0 spiro atoms. The van der Waals surface area contributed by atoms with Gasteiger partial charge in [0.25, 0.3) is 11.8 Å². The fourth-order valence-electron chi connectivity index (χ4n) is 1.94. The normalized spacial score (nSPS) is 11.5. The van der Waals surface area contributed by atoms with Crippen molar-refractivity contribution < 1.29 is 19.1 Å². The van der Waals surface area contributed by atoms with Crippen LogP contribution < -0.4 is 10.6 Å².